The fourth-order valence-corrected chi connectivity index (χ4v) is 7.97. The van der Waals surface area contributed by atoms with Gasteiger partial charge < -0.3 is 44.9 Å². The number of anilines is 1. The number of aromatic hydroxyl groups is 1. The Hall–Kier alpha value is -2.77. The summed E-state index contributed by atoms with van der Waals surface area (Å²) in [7, 11) is 0. The summed E-state index contributed by atoms with van der Waals surface area (Å²) in [6.07, 6.45) is 6.79. The lowest BCUT2D eigenvalue weighted by Crippen LogP contribution is -2.65. The first-order valence-corrected chi connectivity index (χ1v) is 17.4. The lowest BCUT2D eigenvalue weighted by atomic mass is 9.80. The average Bonchev–Trinajstić information content (AvgIpc) is 3.64. The van der Waals surface area contributed by atoms with Gasteiger partial charge in [0.15, 0.2) is 13.3 Å². The Morgan fingerprint density at radius 2 is 1.81 bits per heavy atom. The number of phenolic OH excluding ortho intramolecular Hbond substituents is 1. The molecule has 2 bridgehead atoms. The van der Waals surface area contributed by atoms with E-state index in [0.29, 0.717) is 62.6 Å². The van der Waals surface area contributed by atoms with E-state index in [-0.39, 0.29) is 36.8 Å². The molecule has 258 valence electrons. The van der Waals surface area contributed by atoms with Crippen LogP contribution < -0.4 is 15.4 Å². The van der Waals surface area contributed by atoms with E-state index in [9.17, 15) is 20.1 Å². The maximum absolute atomic E-state index is 12.0. The van der Waals surface area contributed by atoms with E-state index >= 15 is 0 Å². The molecule has 11 heteroatoms. The third-order valence-corrected chi connectivity index (χ3v) is 10.6. The molecule has 7 rings (SSSR count). The zero-order valence-electron chi connectivity index (χ0n) is 27.4. The van der Waals surface area contributed by atoms with Crippen molar-refractivity contribution < 1.29 is 43.5 Å². The van der Waals surface area contributed by atoms with Gasteiger partial charge in [-0.1, -0.05) is 43.2 Å². The zero-order chi connectivity index (χ0) is 32.7. The highest BCUT2D eigenvalue weighted by Gasteiger charge is 2.48. The lowest BCUT2D eigenvalue weighted by molar-refractivity contribution is -0.963. The minimum atomic E-state index is -0.929. The third-order valence-electron chi connectivity index (χ3n) is 10.6. The van der Waals surface area contributed by atoms with Crippen LogP contribution in [0.15, 0.2) is 42.5 Å². The highest BCUT2D eigenvalue weighted by molar-refractivity contribution is 5.96. The standard InChI is InChI=1S/C36H51N3O8/c40-29-19-30(35-31(20-29)38-34(42)23-46-35)32(41)21-37-13-18-44-16-6-17-45-25-39-14-11-26(12-15-39)33(22-39)47-24-36(43,28-9-4-5-10-28)27-7-2-1-3-8-27/h1-3,7-8,19-20,26,28,32-33,37,41,43H,4-6,9-18,21-25H2,(H-,38,40,42)/p+1/t26?,32-,33-,36+,39?/m0/s1. The molecule has 1 saturated carbocycles. The van der Waals surface area contributed by atoms with E-state index in [0.717, 1.165) is 61.8 Å². The molecule has 1 aliphatic carbocycles. The number of aliphatic hydroxyl groups excluding tert-OH is 1. The second-order valence-corrected chi connectivity index (χ2v) is 13.9. The van der Waals surface area contributed by atoms with Gasteiger partial charge in [-0.25, -0.2) is 0 Å². The molecule has 1 amide bonds. The Kier molecular flexibility index (Phi) is 11.3. The minimum Gasteiger partial charge on any atom is -0.508 e. The first-order valence-electron chi connectivity index (χ1n) is 17.4. The summed E-state index contributed by atoms with van der Waals surface area (Å²) in [4.78, 5) is 11.6. The van der Waals surface area contributed by atoms with Crippen LogP contribution in [0.5, 0.6) is 11.5 Å². The maximum atomic E-state index is 12.0. The number of rotatable bonds is 17. The molecule has 4 heterocycles. The van der Waals surface area contributed by atoms with Crippen LogP contribution in [-0.2, 0) is 24.6 Å². The van der Waals surface area contributed by atoms with Crippen molar-refractivity contribution in [2.45, 2.75) is 62.8 Å². The SMILES string of the molecule is O=C1COc2c(cc(O)cc2[C@@H](O)CNCCOCCCOC[N+]23CCC(CC2)[C@@H](OC[C@@](O)(c2ccccc2)C2CCCC2)C3)N1. The highest BCUT2D eigenvalue weighted by Crippen LogP contribution is 2.43. The van der Waals surface area contributed by atoms with Crippen LogP contribution in [-0.4, -0.2) is 104 Å². The van der Waals surface area contributed by atoms with Gasteiger partial charge in [0.1, 0.15) is 29.7 Å². The Balaban J connectivity index is 0.868. The summed E-state index contributed by atoms with van der Waals surface area (Å²) in [5.74, 6) is 0.834. The Morgan fingerprint density at radius 1 is 1.04 bits per heavy atom. The van der Waals surface area contributed by atoms with Crippen LogP contribution >= 0.6 is 0 Å². The molecule has 2 aromatic carbocycles. The van der Waals surface area contributed by atoms with Gasteiger partial charge in [-0.2, -0.15) is 0 Å². The molecule has 5 aliphatic rings. The second-order valence-electron chi connectivity index (χ2n) is 13.9. The fraction of sp³-hybridized carbons (Fsp3) is 0.639. The molecule has 4 fully saturated rings. The molecular weight excluding hydrogens is 602 g/mol. The largest absolute Gasteiger partial charge is 0.508 e. The number of benzene rings is 2. The molecule has 3 saturated heterocycles. The van der Waals surface area contributed by atoms with Crippen molar-refractivity contribution >= 4 is 11.6 Å². The summed E-state index contributed by atoms with van der Waals surface area (Å²) >= 11 is 0. The van der Waals surface area contributed by atoms with Crippen molar-refractivity contribution in [3.05, 3.63) is 53.6 Å². The van der Waals surface area contributed by atoms with Crippen molar-refractivity contribution in [1.82, 2.24) is 5.32 Å². The predicted octanol–water partition coefficient (Wildman–Crippen LogP) is 3.43. The Morgan fingerprint density at radius 3 is 2.60 bits per heavy atom. The Bertz CT molecular complexity index is 1310. The number of aliphatic hydroxyl groups is 2. The first-order chi connectivity index (χ1) is 22.9. The van der Waals surface area contributed by atoms with Crippen LogP contribution in [0.4, 0.5) is 5.69 Å². The number of hydrogen-bond donors (Lipinski definition) is 5. The number of hydrogen-bond acceptors (Lipinski definition) is 9. The Labute approximate surface area is 277 Å². The number of fused-ring (bicyclic) bond motifs is 4. The van der Waals surface area contributed by atoms with Crippen LogP contribution in [0.2, 0.25) is 0 Å². The molecule has 4 aliphatic heterocycles. The minimum absolute atomic E-state index is 0.0528. The van der Waals surface area contributed by atoms with Crippen LogP contribution in [0.3, 0.4) is 0 Å². The van der Waals surface area contributed by atoms with Crippen molar-refractivity contribution in [3.8, 4) is 11.5 Å². The molecule has 0 spiro atoms. The maximum Gasteiger partial charge on any atom is 0.262 e. The van der Waals surface area contributed by atoms with Gasteiger partial charge in [0, 0.05) is 50.1 Å². The summed E-state index contributed by atoms with van der Waals surface area (Å²) < 4.78 is 25.0. The molecule has 0 radical (unpaired) electrons. The number of phenols is 1. The number of nitrogens with zero attached hydrogens (tertiary/aromatic N) is 1. The number of carbonyl (C=O) groups excluding carboxylic acids is 1. The summed E-state index contributed by atoms with van der Waals surface area (Å²) in [5.41, 5.74) is 0.830. The van der Waals surface area contributed by atoms with Gasteiger partial charge in [-0.3, -0.25) is 9.28 Å². The number of nitrogens with one attached hydrogen (secondary N) is 2. The topological polar surface area (TPSA) is 139 Å². The zero-order valence-corrected chi connectivity index (χ0v) is 27.4. The summed E-state index contributed by atoms with van der Waals surface area (Å²) in [5, 5.41) is 38.4. The molecule has 47 heavy (non-hydrogen) atoms. The molecule has 5 N–H and O–H groups in total. The fourth-order valence-electron chi connectivity index (χ4n) is 7.97. The number of ether oxygens (including phenoxy) is 4. The van der Waals surface area contributed by atoms with Gasteiger partial charge in [0.25, 0.3) is 5.91 Å². The highest BCUT2D eigenvalue weighted by atomic mass is 16.5. The van der Waals surface area contributed by atoms with E-state index in [4.69, 9.17) is 18.9 Å². The first kappa shape index (κ1) is 34.1. The summed E-state index contributed by atoms with van der Waals surface area (Å²) in [6.45, 7) is 6.63. The molecular formula is C36H52N3O8+. The van der Waals surface area contributed by atoms with Crippen molar-refractivity contribution in [2.24, 2.45) is 11.8 Å². The predicted molar refractivity (Wildman–Crippen MR) is 176 cm³/mol. The van der Waals surface area contributed by atoms with Gasteiger partial charge in [0.2, 0.25) is 0 Å². The van der Waals surface area contributed by atoms with E-state index in [1.807, 2.05) is 18.2 Å². The van der Waals surface area contributed by atoms with E-state index < -0.39 is 11.7 Å². The second kappa shape index (κ2) is 15.6. The van der Waals surface area contributed by atoms with Crippen molar-refractivity contribution in [1.29, 1.82) is 0 Å². The van der Waals surface area contributed by atoms with Gasteiger partial charge >= 0.3 is 0 Å². The van der Waals surface area contributed by atoms with Gasteiger partial charge in [0.05, 0.1) is 44.7 Å². The molecule has 0 unspecified atom stereocenters. The van der Waals surface area contributed by atoms with Gasteiger partial charge in [-0.05, 0) is 36.8 Å². The monoisotopic (exact) mass is 654 g/mol. The molecule has 0 aromatic heterocycles. The average molecular weight is 655 g/mol. The molecule has 3 atom stereocenters. The van der Waals surface area contributed by atoms with Crippen LogP contribution in [0, 0.1) is 11.8 Å². The van der Waals surface area contributed by atoms with Crippen LogP contribution in [0.25, 0.3) is 0 Å². The number of quaternary nitrogens is 1. The number of piperidine rings is 3. The molecule has 2 aromatic rings. The van der Waals surface area contributed by atoms with E-state index in [1.165, 1.54) is 25.0 Å². The number of carbonyl (C=O) groups is 1. The number of amides is 1. The summed E-state index contributed by atoms with van der Waals surface area (Å²) in [6, 6.07) is 13.0. The normalized spacial score (nSPS) is 26.0. The third kappa shape index (κ3) is 8.28. The van der Waals surface area contributed by atoms with E-state index in [1.54, 1.807) is 0 Å². The van der Waals surface area contributed by atoms with E-state index in [2.05, 4.69) is 22.8 Å². The molecule has 11 nitrogen and oxygen atoms in total. The van der Waals surface area contributed by atoms with Crippen molar-refractivity contribution in [2.75, 3.05) is 77.8 Å². The quantitative estimate of drug-likeness (QED) is 0.128. The van der Waals surface area contributed by atoms with Crippen LogP contribution in [0.1, 0.15) is 62.2 Å². The smallest absolute Gasteiger partial charge is 0.262 e. The van der Waals surface area contributed by atoms with Gasteiger partial charge in [-0.15, -0.1) is 0 Å². The lowest BCUT2D eigenvalue weighted by Gasteiger charge is -2.52. The van der Waals surface area contributed by atoms with Crippen molar-refractivity contribution in [3.63, 3.8) is 0 Å².